The van der Waals surface area contributed by atoms with Crippen molar-refractivity contribution >= 4 is 5.91 Å². The Balaban J connectivity index is 1.73. The number of aromatic nitrogens is 1. The average molecular weight is 284 g/mol. The standard InChI is InChI=1S/C16H16N2O3/c19-14-8-15(20)17-9-13(14)16(21)18-12-6-5-10-3-1-2-4-11(10)7-12/h1-4,8-9,12H,5-7H2,(H,18,21)(H2,17,19,20)/t12-/m0/s1. The molecule has 1 amide bonds. The highest BCUT2D eigenvalue weighted by molar-refractivity contribution is 5.96. The van der Waals surface area contributed by atoms with Gasteiger partial charge in [0.05, 0.1) is 5.56 Å². The van der Waals surface area contributed by atoms with Gasteiger partial charge in [0, 0.05) is 18.3 Å². The normalized spacial score (nSPS) is 17.0. The van der Waals surface area contributed by atoms with Gasteiger partial charge in [0.25, 0.3) is 11.5 Å². The molecule has 1 aromatic carbocycles. The molecule has 0 saturated carbocycles. The number of benzene rings is 1. The van der Waals surface area contributed by atoms with Crippen LogP contribution >= 0.6 is 0 Å². The molecule has 0 aliphatic heterocycles. The lowest BCUT2D eigenvalue weighted by Gasteiger charge is -2.25. The first-order valence-corrected chi connectivity index (χ1v) is 6.93. The number of carbonyl (C=O) groups excluding carboxylic acids is 1. The van der Waals surface area contributed by atoms with E-state index in [9.17, 15) is 14.7 Å². The van der Waals surface area contributed by atoms with Crippen molar-refractivity contribution in [3.05, 3.63) is 63.6 Å². The van der Waals surface area contributed by atoms with E-state index in [4.69, 9.17) is 0 Å². The van der Waals surface area contributed by atoms with Crippen LogP contribution in [0.15, 0.2) is 41.3 Å². The molecule has 1 aromatic heterocycles. The molecular formula is C16H16N2O3. The third-order valence-electron chi connectivity index (χ3n) is 3.83. The molecule has 1 heterocycles. The second-order valence-corrected chi connectivity index (χ2v) is 5.28. The Morgan fingerprint density at radius 3 is 2.81 bits per heavy atom. The number of H-pyrrole nitrogens is 1. The maximum Gasteiger partial charge on any atom is 0.256 e. The number of hydrogen-bond donors (Lipinski definition) is 3. The lowest BCUT2D eigenvalue weighted by molar-refractivity contribution is 0.0930. The van der Waals surface area contributed by atoms with Crippen LogP contribution in [0.25, 0.3) is 0 Å². The Hall–Kier alpha value is -2.56. The fourth-order valence-corrected chi connectivity index (χ4v) is 2.73. The second kappa shape index (κ2) is 5.44. The van der Waals surface area contributed by atoms with Crippen LogP contribution in [0.3, 0.4) is 0 Å². The molecule has 5 heteroatoms. The molecule has 1 aliphatic rings. The second-order valence-electron chi connectivity index (χ2n) is 5.28. The van der Waals surface area contributed by atoms with E-state index >= 15 is 0 Å². The SMILES string of the molecule is O=C(N[C@H]1CCc2ccccc2C1)c1c[nH]c(=O)cc1O. The summed E-state index contributed by atoms with van der Waals surface area (Å²) in [4.78, 5) is 25.6. The molecule has 5 nitrogen and oxygen atoms in total. The van der Waals surface area contributed by atoms with Gasteiger partial charge in [-0.3, -0.25) is 9.59 Å². The lowest BCUT2D eigenvalue weighted by Crippen LogP contribution is -2.39. The maximum atomic E-state index is 12.2. The topological polar surface area (TPSA) is 82.2 Å². The van der Waals surface area contributed by atoms with Gasteiger partial charge in [-0.2, -0.15) is 0 Å². The van der Waals surface area contributed by atoms with Crippen LogP contribution in [0.2, 0.25) is 0 Å². The quantitative estimate of drug-likeness (QED) is 0.779. The summed E-state index contributed by atoms with van der Waals surface area (Å²) in [6, 6.07) is 9.25. The highest BCUT2D eigenvalue weighted by Crippen LogP contribution is 2.21. The number of amides is 1. The fraction of sp³-hybridized carbons (Fsp3) is 0.250. The van der Waals surface area contributed by atoms with E-state index in [0.717, 1.165) is 25.3 Å². The molecule has 0 spiro atoms. The number of pyridine rings is 1. The van der Waals surface area contributed by atoms with Crippen LogP contribution in [0.4, 0.5) is 0 Å². The van der Waals surface area contributed by atoms with E-state index < -0.39 is 5.56 Å². The molecule has 3 N–H and O–H groups in total. The summed E-state index contributed by atoms with van der Waals surface area (Å²) in [5.74, 6) is -0.666. The number of carbonyl (C=O) groups is 1. The smallest absolute Gasteiger partial charge is 0.256 e. The van der Waals surface area contributed by atoms with Gasteiger partial charge < -0.3 is 15.4 Å². The van der Waals surface area contributed by atoms with Crippen LogP contribution in [0.1, 0.15) is 27.9 Å². The lowest BCUT2D eigenvalue weighted by atomic mass is 9.88. The monoisotopic (exact) mass is 284 g/mol. The van der Waals surface area contributed by atoms with Gasteiger partial charge in [-0.1, -0.05) is 24.3 Å². The number of nitrogens with one attached hydrogen (secondary N) is 2. The minimum atomic E-state index is -0.435. The molecule has 2 aromatic rings. The first-order chi connectivity index (χ1) is 10.1. The molecule has 1 atom stereocenters. The number of hydrogen-bond acceptors (Lipinski definition) is 3. The van der Waals surface area contributed by atoms with Crippen LogP contribution in [0, 0.1) is 0 Å². The third-order valence-corrected chi connectivity index (χ3v) is 3.83. The maximum absolute atomic E-state index is 12.2. The van der Waals surface area contributed by atoms with Crippen LogP contribution in [0.5, 0.6) is 5.75 Å². The molecule has 0 bridgehead atoms. The van der Waals surface area contributed by atoms with Crippen LogP contribution in [-0.2, 0) is 12.8 Å². The molecule has 0 radical (unpaired) electrons. The predicted molar refractivity (Wildman–Crippen MR) is 78.4 cm³/mol. The number of aromatic hydroxyl groups is 1. The van der Waals surface area contributed by atoms with Crippen molar-refractivity contribution < 1.29 is 9.90 Å². The third kappa shape index (κ3) is 2.81. The molecule has 21 heavy (non-hydrogen) atoms. The summed E-state index contributed by atoms with van der Waals surface area (Å²) >= 11 is 0. The Morgan fingerprint density at radius 2 is 2.05 bits per heavy atom. The zero-order chi connectivity index (χ0) is 14.8. The Labute approximate surface area is 121 Å². The van der Waals surface area contributed by atoms with E-state index in [0.29, 0.717) is 0 Å². The Morgan fingerprint density at radius 1 is 1.29 bits per heavy atom. The van der Waals surface area contributed by atoms with Gasteiger partial charge in [-0.25, -0.2) is 0 Å². The van der Waals surface area contributed by atoms with E-state index in [2.05, 4.69) is 22.4 Å². The van der Waals surface area contributed by atoms with E-state index in [1.165, 1.54) is 17.3 Å². The predicted octanol–water partition coefficient (Wildman–Crippen LogP) is 1.37. The van der Waals surface area contributed by atoms with E-state index in [-0.39, 0.29) is 23.3 Å². The molecule has 0 saturated heterocycles. The fourth-order valence-electron chi connectivity index (χ4n) is 2.73. The Kier molecular flexibility index (Phi) is 3.48. The van der Waals surface area contributed by atoms with Crippen molar-refractivity contribution in [1.82, 2.24) is 10.3 Å². The summed E-state index contributed by atoms with van der Waals surface area (Å²) in [6.07, 6.45) is 3.82. The van der Waals surface area contributed by atoms with Crippen molar-refractivity contribution in [2.75, 3.05) is 0 Å². The summed E-state index contributed by atoms with van der Waals surface area (Å²) < 4.78 is 0. The molecule has 108 valence electrons. The first-order valence-electron chi connectivity index (χ1n) is 6.93. The molecule has 3 rings (SSSR count). The van der Waals surface area contributed by atoms with Gasteiger partial charge in [0.1, 0.15) is 5.75 Å². The Bertz CT molecular complexity index is 736. The van der Waals surface area contributed by atoms with Crippen LogP contribution < -0.4 is 10.9 Å². The number of aromatic amines is 1. The summed E-state index contributed by atoms with van der Waals surface area (Å²) in [6.45, 7) is 0. The van der Waals surface area contributed by atoms with Gasteiger partial charge in [-0.05, 0) is 30.4 Å². The molecule has 0 fully saturated rings. The molecular weight excluding hydrogens is 268 g/mol. The number of aryl methyl sites for hydroxylation is 1. The van der Waals surface area contributed by atoms with Crippen molar-refractivity contribution in [1.29, 1.82) is 0 Å². The van der Waals surface area contributed by atoms with E-state index in [1.807, 2.05) is 12.1 Å². The highest BCUT2D eigenvalue weighted by Gasteiger charge is 2.21. The number of fused-ring (bicyclic) bond motifs is 1. The van der Waals surface area contributed by atoms with Crippen molar-refractivity contribution in [3.63, 3.8) is 0 Å². The zero-order valence-electron chi connectivity index (χ0n) is 11.4. The molecule has 0 unspecified atom stereocenters. The summed E-state index contributed by atoms with van der Waals surface area (Å²) in [7, 11) is 0. The first kappa shape index (κ1) is 13.4. The summed E-state index contributed by atoms with van der Waals surface area (Å²) in [5.41, 5.74) is 2.23. The average Bonchev–Trinajstić information content (AvgIpc) is 2.47. The minimum Gasteiger partial charge on any atom is -0.507 e. The van der Waals surface area contributed by atoms with Crippen molar-refractivity contribution in [3.8, 4) is 5.75 Å². The van der Waals surface area contributed by atoms with Gasteiger partial charge in [0.2, 0.25) is 0 Å². The van der Waals surface area contributed by atoms with Gasteiger partial charge >= 0.3 is 0 Å². The van der Waals surface area contributed by atoms with E-state index in [1.54, 1.807) is 0 Å². The highest BCUT2D eigenvalue weighted by atomic mass is 16.3. The van der Waals surface area contributed by atoms with Gasteiger partial charge in [0.15, 0.2) is 0 Å². The van der Waals surface area contributed by atoms with Crippen LogP contribution in [-0.4, -0.2) is 22.0 Å². The molecule has 1 aliphatic carbocycles. The number of rotatable bonds is 2. The summed E-state index contributed by atoms with van der Waals surface area (Å²) in [5, 5.41) is 12.6. The largest absolute Gasteiger partial charge is 0.507 e. The zero-order valence-corrected chi connectivity index (χ0v) is 11.4. The minimum absolute atomic E-state index is 0.0405. The van der Waals surface area contributed by atoms with Gasteiger partial charge in [-0.15, -0.1) is 0 Å². The van der Waals surface area contributed by atoms with Crippen molar-refractivity contribution in [2.24, 2.45) is 0 Å². The van der Waals surface area contributed by atoms with Crippen molar-refractivity contribution in [2.45, 2.75) is 25.3 Å².